The van der Waals surface area contributed by atoms with Crippen LogP contribution in [-0.4, -0.2) is 61.0 Å². The molecule has 0 saturated carbocycles. The van der Waals surface area contributed by atoms with Crippen molar-refractivity contribution in [1.29, 1.82) is 0 Å². The molecule has 0 spiro atoms. The van der Waals surface area contributed by atoms with Crippen LogP contribution in [0.25, 0.3) is 0 Å². The first-order chi connectivity index (χ1) is 9.75. The quantitative estimate of drug-likeness (QED) is 0.628. The Kier molecular flexibility index (Phi) is 6.32. The SMILES string of the molecule is CN=C(NCCS(=O)C(C)(C)C)N(C)Cc1ncnn1C. The molecule has 8 heteroatoms. The van der Waals surface area contributed by atoms with Crippen molar-refractivity contribution in [3.8, 4) is 0 Å². The van der Waals surface area contributed by atoms with Gasteiger partial charge in [0, 0.05) is 49.0 Å². The summed E-state index contributed by atoms with van der Waals surface area (Å²) in [5.74, 6) is 2.21. The Labute approximate surface area is 129 Å². The van der Waals surface area contributed by atoms with Gasteiger partial charge in [0.2, 0.25) is 0 Å². The molecule has 1 aromatic rings. The van der Waals surface area contributed by atoms with E-state index in [9.17, 15) is 4.21 Å². The van der Waals surface area contributed by atoms with Gasteiger partial charge in [0.1, 0.15) is 12.2 Å². The van der Waals surface area contributed by atoms with Crippen LogP contribution in [0.1, 0.15) is 26.6 Å². The predicted octanol–water partition coefficient (Wildman–Crippen LogP) is 0.370. The van der Waals surface area contributed by atoms with Crippen LogP contribution in [0.4, 0.5) is 0 Å². The molecule has 1 unspecified atom stereocenters. The van der Waals surface area contributed by atoms with Crippen molar-refractivity contribution in [3.05, 3.63) is 12.2 Å². The topological polar surface area (TPSA) is 75.4 Å². The Bertz CT molecular complexity index is 505. The number of nitrogens with zero attached hydrogens (tertiary/aromatic N) is 5. The third-order valence-electron chi connectivity index (χ3n) is 3.01. The number of rotatable bonds is 5. The van der Waals surface area contributed by atoms with E-state index in [0.29, 0.717) is 18.8 Å². The van der Waals surface area contributed by atoms with E-state index in [1.54, 1.807) is 11.7 Å². The summed E-state index contributed by atoms with van der Waals surface area (Å²) in [5.41, 5.74) is 0. The molecule has 1 aromatic heterocycles. The van der Waals surface area contributed by atoms with Gasteiger partial charge in [-0.1, -0.05) is 0 Å². The zero-order valence-electron chi connectivity index (χ0n) is 13.8. The van der Waals surface area contributed by atoms with Crippen LogP contribution in [-0.2, 0) is 24.4 Å². The van der Waals surface area contributed by atoms with E-state index < -0.39 is 10.8 Å². The summed E-state index contributed by atoms with van der Waals surface area (Å²) in [5, 5.41) is 7.28. The molecular weight excluding hydrogens is 288 g/mol. The summed E-state index contributed by atoms with van der Waals surface area (Å²) >= 11 is 0. The first-order valence-electron chi connectivity index (χ1n) is 6.89. The first kappa shape index (κ1) is 17.6. The normalized spacial score (nSPS) is 14.1. The van der Waals surface area contributed by atoms with Crippen LogP contribution >= 0.6 is 0 Å². The molecule has 120 valence electrons. The maximum atomic E-state index is 12.0. The average molecular weight is 314 g/mol. The maximum Gasteiger partial charge on any atom is 0.193 e. The maximum absolute atomic E-state index is 12.0. The van der Waals surface area contributed by atoms with Crippen molar-refractivity contribution < 1.29 is 4.21 Å². The van der Waals surface area contributed by atoms with Crippen molar-refractivity contribution in [3.63, 3.8) is 0 Å². The van der Waals surface area contributed by atoms with Crippen LogP contribution in [0.3, 0.4) is 0 Å². The van der Waals surface area contributed by atoms with Crippen LogP contribution in [0.2, 0.25) is 0 Å². The lowest BCUT2D eigenvalue weighted by Gasteiger charge is -2.22. The predicted molar refractivity (Wildman–Crippen MR) is 86.6 cm³/mol. The van der Waals surface area contributed by atoms with Gasteiger partial charge in [-0.05, 0) is 20.8 Å². The third-order valence-corrected chi connectivity index (χ3v) is 4.95. The highest BCUT2D eigenvalue weighted by molar-refractivity contribution is 7.86. The molecule has 0 aliphatic carbocycles. The van der Waals surface area contributed by atoms with E-state index in [2.05, 4.69) is 20.4 Å². The number of hydrogen-bond acceptors (Lipinski definition) is 4. The van der Waals surface area contributed by atoms with Crippen molar-refractivity contribution in [1.82, 2.24) is 25.0 Å². The highest BCUT2D eigenvalue weighted by atomic mass is 32.2. The van der Waals surface area contributed by atoms with Gasteiger partial charge < -0.3 is 10.2 Å². The fourth-order valence-electron chi connectivity index (χ4n) is 1.70. The van der Waals surface area contributed by atoms with E-state index in [4.69, 9.17) is 0 Å². The summed E-state index contributed by atoms with van der Waals surface area (Å²) in [6.07, 6.45) is 1.53. The minimum absolute atomic E-state index is 0.185. The smallest absolute Gasteiger partial charge is 0.193 e. The van der Waals surface area contributed by atoms with Gasteiger partial charge in [0.25, 0.3) is 0 Å². The van der Waals surface area contributed by atoms with Gasteiger partial charge in [-0.2, -0.15) is 5.10 Å². The van der Waals surface area contributed by atoms with Gasteiger partial charge in [-0.15, -0.1) is 0 Å². The van der Waals surface area contributed by atoms with Gasteiger partial charge >= 0.3 is 0 Å². The number of aryl methyl sites for hydroxylation is 1. The zero-order chi connectivity index (χ0) is 16.0. The second-order valence-electron chi connectivity index (χ2n) is 5.79. The number of aromatic nitrogens is 3. The summed E-state index contributed by atoms with van der Waals surface area (Å²) in [4.78, 5) is 10.4. The summed E-state index contributed by atoms with van der Waals surface area (Å²) in [6.45, 7) is 7.19. The highest BCUT2D eigenvalue weighted by Crippen LogP contribution is 2.10. The van der Waals surface area contributed by atoms with Crippen molar-refractivity contribution in [2.24, 2.45) is 12.0 Å². The van der Waals surface area contributed by atoms with Crippen LogP contribution in [0.15, 0.2) is 11.3 Å². The van der Waals surface area contributed by atoms with Crippen molar-refractivity contribution in [2.45, 2.75) is 32.1 Å². The van der Waals surface area contributed by atoms with Crippen molar-refractivity contribution >= 4 is 16.8 Å². The second-order valence-corrected chi connectivity index (χ2v) is 8.12. The second kappa shape index (κ2) is 7.53. The molecule has 0 aliphatic heterocycles. The van der Waals surface area contributed by atoms with E-state index >= 15 is 0 Å². The molecule has 0 amide bonds. The largest absolute Gasteiger partial charge is 0.355 e. The number of guanidine groups is 1. The molecule has 0 aliphatic rings. The average Bonchev–Trinajstić information content (AvgIpc) is 2.78. The van der Waals surface area contributed by atoms with Crippen LogP contribution in [0, 0.1) is 0 Å². The fraction of sp³-hybridized carbons (Fsp3) is 0.769. The molecular formula is C13H26N6OS. The monoisotopic (exact) mass is 314 g/mol. The lowest BCUT2D eigenvalue weighted by Crippen LogP contribution is -2.41. The Hall–Kier alpha value is -1.44. The van der Waals surface area contributed by atoms with Gasteiger partial charge in [0.15, 0.2) is 5.96 Å². The molecule has 0 bridgehead atoms. The molecule has 0 aromatic carbocycles. The third kappa shape index (κ3) is 5.45. The van der Waals surface area contributed by atoms with E-state index in [1.165, 1.54) is 6.33 Å². The van der Waals surface area contributed by atoms with Crippen LogP contribution in [0.5, 0.6) is 0 Å². The summed E-state index contributed by atoms with van der Waals surface area (Å²) in [6, 6.07) is 0. The molecule has 1 atom stereocenters. The standard InChI is InChI=1S/C13H26N6OS/c1-13(2,3)21(20)8-7-15-12(14-4)18(5)9-11-16-10-17-19(11)6/h10H,7-9H2,1-6H3,(H,14,15). The van der Waals surface area contributed by atoms with E-state index in [0.717, 1.165) is 11.8 Å². The number of aliphatic imine (C=N–C) groups is 1. The molecule has 21 heavy (non-hydrogen) atoms. The Morgan fingerprint density at radius 2 is 2.19 bits per heavy atom. The van der Waals surface area contributed by atoms with E-state index in [1.807, 2.05) is 39.8 Å². The minimum Gasteiger partial charge on any atom is -0.355 e. The Balaban J connectivity index is 2.48. The summed E-state index contributed by atoms with van der Waals surface area (Å²) in [7, 11) is 4.66. The fourth-order valence-corrected chi connectivity index (χ4v) is 2.60. The van der Waals surface area contributed by atoms with Crippen molar-refractivity contribution in [2.75, 3.05) is 26.4 Å². The molecule has 0 saturated heterocycles. The van der Waals surface area contributed by atoms with Gasteiger partial charge in [0.05, 0.1) is 6.54 Å². The first-order valence-corrected chi connectivity index (χ1v) is 8.20. The number of nitrogens with one attached hydrogen (secondary N) is 1. The van der Waals surface area contributed by atoms with Crippen LogP contribution < -0.4 is 5.32 Å². The highest BCUT2D eigenvalue weighted by Gasteiger charge is 2.19. The lowest BCUT2D eigenvalue weighted by molar-refractivity contribution is 0.450. The molecule has 0 fully saturated rings. The molecule has 1 N–H and O–H groups in total. The molecule has 7 nitrogen and oxygen atoms in total. The van der Waals surface area contributed by atoms with Gasteiger partial charge in [-0.3, -0.25) is 13.9 Å². The molecule has 0 radical (unpaired) electrons. The zero-order valence-corrected chi connectivity index (χ0v) is 14.6. The summed E-state index contributed by atoms with van der Waals surface area (Å²) < 4.78 is 13.6. The van der Waals surface area contributed by atoms with Gasteiger partial charge in [-0.25, -0.2) is 4.98 Å². The number of hydrogen-bond donors (Lipinski definition) is 1. The Morgan fingerprint density at radius 1 is 1.52 bits per heavy atom. The Morgan fingerprint density at radius 3 is 2.67 bits per heavy atom. The minimum atomic E-state index is -0.867. The molecule has 1 heterocycles. The molecule has 1 rings (SSSR count). The lowest BCUT2D eigenvalue weighted by atomic mass is 10.3. The van der Waals surface area contributed by atoms with E-state index in [-0.39, 0.29) is 4.75 Å².